The summed E-state index contributed by atoms with van der Waals surface area (Å²) in [4.78, 5) is 204. The van der Waals surface area contributed by atoms with Gasteiger partial charge in [0.25, 0.3) is 29.5 Å². The van der Waals surface area contributed by atoms with Crippen molar-refractivity contribution >= 4 is 97.5 Å². The van der Waals surface area contributed by atoms with Gasteiger partial charge in [0, 0.05) is 80.9 Å². The molecule has 7 atom stereocenters. The maximum Gasteiger partial charge on any atom is 0.343 e. The van der Waals surface area contributed by atoms with Gasteiger partial charge in [0.15, 0.2) is 20.9 Å². The zero-order valence-corrected chi connectivity index (χ0v) is 92.1. The molecule has 6 saturated heterocycles. The lowest BCUT2D eigenvalue weighted by atomic mass is 9.84. The van der Waals surface area contributed by atoms with E-state index in [0.29, 0.717) is 73.1 Å². The zero-order valence-electron chi connectivity index (χ0n) is 91.1. The summed E-state index contributed by atoms with van der Waals surface area (Å²) in [6.45, 7) is 39.1. The predicted octanol–water partition coefficient (Wildman–Crippen LogP) is 14.2. The summed E-state index contributed by atoms with van der Waals surface area (Å²) in [7, 11) is -0.640. The van der Waals surface area contributed by atoms with Crippen LogP contribution in [0.25, 0.3) is 0 Å². The SMILES string of the molecule is CCOC(=O)C1(C(=O)OCC)CC[C@H](OC(C)(C)C)CN1C(=O)c1ccccc1.CCOC(=O)C1(C(=O)OCC)CC[C@H](OC(C)OCC)CN1C(=O)c1ccccc1.CCOC(=O)C1(C(=O)OCC)CC[C@H](OC2CCCCO2)CN1C(=O)c1ccccc1.CCOC(=O)C1(C(=O)OCC)CC[C@H](OCOC)CN1C(=O)c1ccccc1.CCOC(=O)C1(C(=O)OCC)CC[C@H](O[Si](C)(C)C(C)(C)C)CN1C(=O)c1ccccc1. The van der Waals surface area contributed by atoms with Gasteiger partial charge >= 0.3 is 59.7 Å². The number of nitrogens with zero attached hydrogens (tertiary/aromatic N) is 5. The van der Waals surface area contributed by atoms with Crippen molar-refractivity contribution < 1.29 is 157 Å². The molecule has 5 aromatic rings. The van der Waals surface area contributed by atoms with Crippen LogP contribution in [0.4, 0.5) is 0 Å². The lowest BCUT2D eigenvalue weighted by Crippen LogP contribution is -2.68. The van der Waals surface area contributed by atoms with Crippen molar-refractivity contribution in [1.29, 1.82) is 0 Å². The van der Waals surface area contributed by atoms with E-state index < -0.39 is 143 Å². The highest BCUT2D eigenvalue weighted by Crippen LogP contribution is 2.44. The van der Waals surface area contributed by atoms with E-state index in [1.807, 2.05) is 27.7 Å². The summed E-state index contributed by atoms with van der Waals surface area (Å²) in [6.07, 6.45) is 2.50. The van der Waals surface area contributed by atoms with E-state index in [4.69, 9.17) is 85.0 Å². The summed E-state index contributed by atoms with van der Waals surface area (Å²) >= 11 is 0. The first kappa shape index (κ1) is 125. The summed E-state index contributed by atoms with van der Waals surface area (Å²) in [5.74, 6) is -9.98. The number of piperidine rings is 5. The minimum atomic E-state index is -2.14. The molecule has 38 nitrogen and oxygen atoms in total. The second-order valence-electron chi connectivity index (χ2n) is 38.5. The van der Waals surface area contributed by atoms with Crippen molar-refractivity contribution in [3.05, 3.63) is 179 Å². The lowest BCUT2D eigenvalue weighted by molar-refractivity contribution is -0.207. The second kappa shape index (κ2) is 59.7. The van der Waals surface area contributed by atoms with Crippen LogP contribution in [0.2, 0.25) is 18.1 Å². The molecule has 0 radical (unpaired) electrons. The molecule has 0 aliphatic carbocycles. The summed E-state index contributed by atoms with van der Waals surface area (Å²) in [5, 5.41) is -0.0158. The van der Waals surface area contributed by atoms with Crippen LogP contribution >= 0.6 is 0 Å². The number of amides is 5. The third-order valence-corrected chi connectivity index (χ3v) is 30.8. The van der Waals surface area contributed by atoms with Crippen LogP contribution in [0.5, 0.6) is 0 Å². The number of methoxy groups -OCH3 is 1. The first-order chi connectivity index (χ1) is 71.5. The fourth-order valence-corrected chi connectivity index (χ4v) is 19.6. The number of esters is 10. The van der Waals surface area contributed by atoms with Gasteiger partial charge in [0.1, 0.15) is 6.79 Å². The van der Waals surface area contributed by atoms with Crippen LogP contribution in [0.1, 0.15) is 260 Å². The minimum Gasteiger partial charge on any atom is -0.464 e. The third-order valence-electron chi connectivity index (χ3n) is 26.3. The largest absolute Gasteiger partial charge is 0.464 e. The van der Waals surface area contributed by atoms with Gasteiger partial charge in [-0.25, -0.2) is 47.9 Å². The third kappa shape index (κ3) is 31.6. The Kier molecular flexibility index (Phi) is 49.8. The maximum absolute atomic E-state index is 13.6. The molecular weight excluding hydrogens is 1960 g/mol. The molecule has 0 aromatic heterocycles. The van der Waals surface area contributed by atoms with Crippen LogP contribution in [-0.4, -0.2) is 324 Å². The van der Waals surface area contributed by atoms with E-state index in [1.54, 1.807) is 228 Å². The van der Waals surface area contributed by atoms with Gasteiger partial charge in [-0.15, -0.1) is 0 Å². The Bertz CT molecular complexity index is 5080. The number of ether oxygens (including phenoxy) is 17. The average Bonchev–Trinajstić information content (AvgIpc) is 0.759. The fraction of sp³-hybridized carbons (Fsp3) is 0.595. The average molecular weight is 2120 g/mol. The summed E-state index contributed by atoms with van der Waals surface area (Å²) in [6, 6.07) is 42.7. The standard InChI is InChI=1S/C24H37NO6Si.C23H31NO7.C22H31NO7.C22H31NO6.C20H27NO7/c1-8-29-21(27)24(22(28)30-9-2)16-15-19(31-32(6,7)23(3,4)5)17-25(24)20(26)18-13-11-10-12-14-18;1-3-28-21(26)23(22(27)29-4-2)14-13-18(31-19-12-8-9-15-30-19)16-24(23)20(25)17-10-6-5-7-11-17;1-5-27-16(4)30-18-13-14-22(20(25)28-6-2,21(26)29-7-3)23(15-18)19(24)17-11-9-8-10-12-17;1-6-27-19(25)22(20(26)28-7-2)14-13-17(29-21(3,4)5)15-23(22)18(24)16-11-9-8-10-12-16;1-4-26-18(23)20(19(24)27-5-2)12-11-16(28-14-25-3)13-21(20)17(22)15-9-7-6-8-10-15/h10-14,19H,8-9,15-17H2,1-7H3;5-7,10-11,18-19H,3-4,8-9,12-16H2,1-2H3;8-12,16,18H,5-7,13-15H2,1-4H3;8-12,17H,6-7,13-15H2,1-5H3;6-10,16H,4-5,11-14H2,1-3H3/t19-;18-,19?;16?,18-;17-;16-/m00000/s1. The molecule has 5 amide bonds. The fourth-order valence-electron chi connectivity index (χ4n) is 18.2. The quantitative estimate of drug-likeness (QED) is 0.0117. The van der Waals surface area contributed by atoms with Crippen molar-refractivity contribution in [2.75, 3.05) is 126 Å². The Morgan fingerprint density at radius 1 is 0.333 bits per heavy atom. The summed E-state index contributed by atoms with van der Waals surface area (Å²) in [5.41, 5.74) is -7.77. The van der Waals surface area contributed by atoms with Gasteiger partial charge in [-0.3, -0.25) is 24.0 Å². The second-order valence-corrected chi connectivity index (χ2v) is 43.2. The number of carbonyl (C=O) groups is 15. The number of benzene rings is 5. The molecule has 0 bridgehead atoms. The van der Waals surface area contributed by atoms with E-state index in [-0.39, 0.29) is 173 Å². The van der Waals surface area contributed by atoms with E-state index in [0.717, 1.165) is 19.3 Å². The van der Waals surface area contributed by atoms with Crippen LogP contribution < -0.4 is 0 Å². The Balaban J connectivity index is 0.000000254. The van der Waals surface area contributed by atoms with Crippen molar-refractivity contribution in [2.45, 2.75) is 303 Å². The van der Waals surface area contributed by atoms with Crippen LogP contribution in [0.15, 0.2) is 152 Å². The van der Waals surface area contributed by atoms with Crippen molar-refractivity contribution in [3.8, 4) is 0 Å². The van der Waals surface area contributed by atoms with Gasteiger partial charge in [-0.2, -0.15) is 0 Å². The van der Waals surface area contributed by atoms with Crippen molar-refractivity contribution in [2.24, 2.45) is 0 Å². The number of carbonyl (C=O) groups excluding carboxylic acids is 15. The molecule has 0 N–H and O–H groups in total. The molecule has 150 heavy (non-hydrogen) atoms. The molecule has 6 aliphatic heterocycles. The maximum atomic E-state index is 13.6. The first-order valence-corrected chi connectivity index (χ1v) is 55.0. The van der Waals surface area contributed by atoms with Crippen molar-refractivity contribution in [1.82, 2.24) is 24.5 Å². The number of rotatable bonds is 37. The highest BCUT2D eigenvalue weighted by molar-refractivity contribution is 6.74. The Morgan fingerprint density at radius 3 is 0.833 bits per heavy atom. The Labute approximate surface area is 882 Å². The Morgan fingerprint density at radius 2 is 0.580 bits per heavy atom. The minimum absolute atomic E-state index is 0.0158. The van der Waals surface area contributed by atoms with E-state index >= 15 is 0 Å². The molecular formula is C111H157N5O33Si. The summed E-state index contributed by atoms with van der Waals surface area (Å²) < 4.78 is 98.7. The lowest BCUT2D eigenvalue weighted by Gasteiger charge is -2.48. The molecule has 0 spiro atoms. The van der Waals surface area contributed by atoms with Crippen molar-refractivity contribution in [3.63, 3.8) is 0 Å². The van der Waals surface area contributed by atoms with Crippen LogP contribution in [0, 0.1) is 0 Å². The van der Waals surface area contributed by atoms with Gasteiger partial charge in [-0.1, -0.05) is 112 Å². The molecule has 39 heteroatoms. The zero-order chi connectivity index (χ0) is 111. The molecule has 6 aliphatic rings. The highest BCUT2D eigenvalue weighted by atomic mass is 28.4. The number of likely N-dealkylation sites (tertiary alicyclic amines) is 5. The van der Waals surface area contributed by atoms with Gasteiger partial charge < -0.3 is 109 Å². The molecule has 2 unspecified atom stereocenters. The van der Waals surface area contributed by atoms with Crippen LogP contribution in [0.3, 0.4) is 0 Å². The molecule has 6 fully saturated rings. The van der Waals surface area contributed by atoms with E-state index in [9.17, 15) is 71.9 Å². The molecule has 0 saturated carbocycles. The van der Waals surface area contributed by atoms with Gasteiger partial charge in [-0.05, 0) is 266 Å². The number of hydrogen-bond acceptors (Lipinski definition) is 33. The highest BCUT2D eigenvalue weighted by Gasteiger charge is 2.65. The van der Waals surface area contributed by atoms with E-state index in [1.165, 1.54) is 31.6 Å². The predicted molar refractivity (Wildman–Crippen MR) is 551 cm³/mol. The van der Waals surface area contributed by atoms with Gasteiger partial charge in [0.05, 0.1) is 102 Å². The Hall–Kier alpha value is -12.0. The molecule has 11 rings (SSSR count). The monoisotopic (exact) mass is 2120 g/mol. The number of hydrogen-bond donors (Lipinski definition) is 0. The smallest absolute Gasteiger partial charge is 0.343 e. The van der Waals surface area contributed by atoms with Gasteiger partial charge in [0.2, 0.25) is 27.7 Å². The van der Waals surface area contributed by atoms with E-state index in [2.05, 4.69) is 33.9 Å². The van der Waals surface area contributed by atoms with Crippen LogP contribution in [-0.2, 0) is 133 Å². The molecule has 5 aromatic carbocycles. The molecule has 828 valence electrons. The normalized spacial score (nSPS) is 19.6. The first-order valence-electron chi connectivity index (χ1n) is 52.1. The molecule has 6 heterocycles. The topological polar surface area (TPSA) is 438 Å².